The van der Waals surface area contributed by atoms with Crippen molar-refractivity contribution >= 4 is 5.96 Å². The van der Waals surface area contributed by atoms with Gasteiger partial charge in [0.2, 0.25) is 0 Å². The predicted octanol–water partition coefficient (Wildman–Crippen LogP) is 2.14. The van der Waals surface area contributed by atoms with Crippen LogP contribution in [0.4, 0.5) is 0 Å². The van der Waals surface area contributed by atoms with Crippen LogP contribution in [0.2, 0.25) is 0 Å². The lowest BCUT2D eigenvalue weighted by molar-refractivity contribution is -0.00814. The van der Waals surface area contributed by atoms with Gasteiger partial charge in [-0.3, -0.25) is 9.67 Å². The zero-order valence-corrected chi connectivity index (χ0v) is 16.6. The molecule has 2 unspecified atom stereocenters. The van der Waals surface area contributed by atoms with Crippen LogP contribution in [-0.4, -0.2) is 60.0 Å². The maximum atomic E-state index is 6.00. The van der Waals surface area contributed by atoms with Crippen molar-refractivity contribution in [1.29, 1.82) is 0 Å². The number of aromatic nitrogens is 2. The van der Waals surface area contributed by atoms with Gasteiger partial charge in [-0.15, -0.1) is 0 Å². The summed E-state index contributed by atoms with van der Waals surface area (Å²) in [5.41, 5.74) is 2.28. The van der Waals surface area contributed by atoms with Crippen LogP contribution < -0.4 is 10.1 Å². The summed E-state index contributed by atoms with van der Waals surface area (Å²) >= 11 is 0. The number of aliphatic imine (C=N–C) groups is 1. The predicted molar refractivity (Wildman–Crippen MR) is 106 cm³/mol. The summed E-state index contributed by atoms with van der Waals surface area (Å²) in [6.07, 6.45) is 3.90. The first-order valence-electron chi connectivity index (χ1n) is 9.34. The van der Waals surface area contributed by atoms with E-state index in [1.807, 2.05) is 44.7 Å². The number of hydrogen-bond donors (Lipinski definition) is 1. The number of hydrogen-bond acceptors (Lipinski definition) is 4. The molecule has 1 saturated heterocycles. The van der Waals surface area contributed by atoms with Crippen LogP contribution in [0, 0.1) is 6.92 Å². The monoisotopic (exact) mass is 371 g/mol. The van der Waals surface area contributed by atoms with Crippen LogP contribution in [0.1, 0.15) is 24.2 Å². The summed E-state index contributed by atoms with van der Waals surface area (Å²) in [6.45, 7) is 7.02. The average molecular weight is 371 g/mol. The fourth-order valence-electron chi connectivity index (χ4n) is 3.18. The molecule has 0 saturated carbocycles. The molecule has 1 aliphatic heterocycles. The van der Waals surface area contributed by atoms with E-state index in [0.717, 1.165) is 30.4 Å². The molecular weight excluding hydrogens is 342 g/mol. The minimum Gasteiger partial charge on any atom is -0.489 e. The Morgan fingerprint density at radius 3 is 3.04 bits per heavy atom. The van der Waals surface area contributed by atoms with Crippen molar-refractivity contribution in [2.75, 3.05) is 33.3 Å². The summed E-state index contributed by atoms with van der Waals surface area (Å²) in [6, 6.07) is 8.11. The molecule has 0 bridgehead atoms. The Labute approximate surface area is 161 Å². The molecule has 27 heavy (non-hydrogen) atoms. The topological polar surface area (TPSA) is 63.9 Å². The highest BCUT2D eigenvalue weighted by Gasteiger charge is 2.25. The summed E-state index contributed by atoms with van der Waals surface area (Å²) in [7, 11) is 3.73. The standard InChI is InChI=1S/C20H29N5O2/c1-15-6-5-7-18(10-15)27-16(2)11-22-20(21-3)25-8-9-26-19(14-25)17-12-23-24(4)13-17/h5-7,10,12-13,16,19H,8-9,11,14H2,1-4H3,(H,21,22). The van der Waals surface area contributed by atoms with Crippen LogP contribution in [-0.2, 0) is 11.8 Å². The van der Waals surface area contributed by atoms with Gasteiger partial charge in [0.15, 0.2) is 5.96 Å². The lowest BCUT2D eigenvalue weighted by Gasteiger charge is -2.35. The average Bonchev–Trinajstić information content (AvgIpc) is 3.09. The van der Waals surface area contributed by atoms with Gasteiger partial charge in [-0.2, -0.15) is 5.10 Å². The van der Waals surface area contributed by atoms with Gasteiger partial charge in [0.1, 0.15) is 18.0 Å². The van der Waals surface area contributed by atoms with Crippen molar-refractivity contribution in [3.63, 3.8) is 0 Å². The maximum absolute atomic E-state index is 6.00. The van der Waals surface area contributed by atoms with Gasteiger partial charge in [0.25, 0.3) is 0 Å². The van der Waals surface area contributed by atoms with Crippen molar-refractivity contribution in [1.82, 2.24) is 20.0 Å². The fourth-order valence-corrected chi connectivity index (χ4v) is 3.18. The van der Waals surface area contributed by atoms with Gasteiger partial charge in [0, 0.05) is 32.4 Å². The number of ether oxygens (including phenoxy) is 2. The molecule has 146 valence electrons. The first-order valence-corrected chi connectivity index (χ1v) is 9.34. The fraction of sp³-hybridized carbons (Fsp3) is 0.500. The first-order chi connectivity index (χ1) is 13.0. The van der Waals surface area contributed by atoms with Crippen LogP contribution in [0.15, 0.2) is 41.7 Å². The molecule has 1 aliphatic rings. The molecular formula is C20H29N5O2. The molecule has 2 atom stereocenters. The van der Waals surface area contributed by atoms with Crippen molar-refractivity contribution in [3.05, 3.63) is 47.8 Å². The third-order valence-electron chi connectivity index (χ3n) is 4.55. The molecule has 1 aromatic heterocycles. The molecule has 1 N–H and O–H groups in total. The summed E-state index contributed by atoms with van der Waals surface area (Å²) in [5.74, 6) is 1.76. The normalized spacial score (nSPS) is 19.0. The van der Waals surface area contributed by atoms with Crippen molar-refractivity contribution in [3.8, 4) is 5.75 Å². The number of nitrogens with zero attached hydrogens (tertiary/aromatic N) is 4. The van der Waals surface area contributed by atoms with E-state index in [4.69, 9.17) is 9.47 Å². The van der Waals surface area contributed by atoms with Crippen molar-refractivity contribution < 1.29 is 9.47 Å². The molecule has 2 heterocycles. The smallest absolute Gasteiger partial charge is 0.193 e. The lowest BCUT2D eigenvalue weighted by Crippen LogP contribution is -2.49. The number of aryl methyl sites for hydroxylation is 2. The van der Waals surface area contributed by atoms with E-state index >= 15 is 0 Å². The SMILES string of the molecule is CN=C(NCC(C)Oc1cccc(C)c1)N1CCOC(c2cnn(C)c2)C1. The van der Waals surface area contributed by atoms with Gasteiger partial charge in [-0.1, -0.05) is 12.1 Å². The Bertz CT molecular complexity index is 773. The van der Waals surface area contributed by atoms with Crippen LogP contribution >= 0.6 is 0 Å². The number of rotatable bonds is 5. The van der Waals surface area contributed by atoms with E-state index in [9.17, 15) is 0 Å². The third kappa shape index (κ3) is 5.23. The lowest BCUT2D eigenvalue weighted by atomic mass is 10.1. The van der Waals surface area contributed by atoms with E-state index in [1.165, 1.54) is 5.56 Å². The second-order valence-corrected chi connectivity index (χ2v) is 6.93. The third-order valence-corrected chi connectivity index (χ3v) is 4.55. The summed E-state index contributed by atoms with van der Waals surface area (Å²) < 4.78 is 13.7. The molecule has 7 nitrogen and oxygen atoms in total. The van der Waals surface area contributed by atoms with E-state index in [0.29, 0.717) is 13.2 Å². The molecule has 7 heteroatoms. The molecule has 0 radical (unpaired) electrons. The van der Waals surface area contributed by atoms with E-state index in [2.05, 4.69) is 40.2 Å². The van der Waals surface area contributed by atoms with Crippen LogP contribution in [0.3, 0.4) is 0 Å². The number of guanidine groups is 1. The minimum atomic E-state index is 0.00645. The van der Waals surface area contributed by atoms with Crippen molar-refractivity contribution in [2.45, 2.75) is 26.1 Å². The Kier molecular flexibility index (Phi) is 6.34. The first kappa shape index (κ1) is 19.2. The highest BCUT2D eigenvalue weighted by Crippen LogP contribution is 2.21. The quantitative estimate of drug-likeness (QED) is 0.644. The second kappa shape index (κ2) is 8.90. The second-order valence-electron chi connectivity index (χ2n) is 6.93. The highest BCUT2D eigenvalue weighted by atomic mass is 16.5. The Morgan fingerprint density at radius 1 is 1.48 bits per heavy atom. The van der Waals surface area contributed by atoms with Gasteiger partial charge in [-0.05, 0) is 31.5 Å². The Hall–Kier alpha value is -2.54. The molecule has 0 aliphatic carbocycles. The maximum Gasteiger partial charge on any atom is 0.193 e. The van der Waals surface area contributed by atoms with Gasteiger partial charge in [-0.25, -0.2) is 0 Å². The molecule has 1 aromatic carbocycles. The van der Waals surface area contributed by atoms with Gasteiger partial charge < -0.3 is 19.7 Å². The molecule has 3 rings (SSSR count). The minimum absolute atomic E-state index is 0.00645. The van der Waals surface area contributed by atoms with E-state index in [1.54, 1.807) is 4.68 Å². The molecule has 0 spiro atoms. The van der Waals surface area contributed by atoms with Crippen LogP contribution in [0.25, 0.3) is 0 Å². The molecule has 2 aromatic rings. The number of benzene rings is 1. The van der Waals surface area contributed by atoms with E-state index in [-0.39, 0.29) is 12.2 Å². The largest absolute Gasteiger partial charge is 0.489 e. The Morgan fingerprint density at radius 2 is 2.33 bits per heavy atom. The van der Waals surface area contributed by atoms with Gasteiger partial charge >= 0.3 is 0 Å². The summed E-state index contributed by atoms with van der Waals surface area (Å²) in [5, 5.41) is 7.67. The van der Waals surface area contributed by atoms with Crippen LogP contribution in [0.5, 0.6) is 5.75 Å². The van der Waals surface area contributed by atoms with Gasteiger partial charge in [0.05, 0.1) is 25.9 Å². The summed E-state index contributed by atoms with van der Waals surface area (Å²) in [4.78, 5) is 6.66. The molecule has 1 fully saturated rings. The number of nitrogens with one attached hydrogen (secondary N) is 1. The zero-order valence-electron chi connectivity index (χ0n) is 16.6. The van der Waals surface area contributed by atoms with E-state index < -0.39 is 0 Å². The van der Waals surface area contributed by atoms with Crippen molar-refractivity contribution in [2.24, 2.45) is 12.0 Å². The Balaban J connectivity index is 1.53. The highest BCUT2D eigenvalue weighted by molar-refractivity contribution is 5.80. The number of morpholine rings is 1. The molecule has 0 amide bonds. The zero-order chi connectivity index (χ0) is 19.2.